The Morgan fingerprint density at radius 3 is 2.65 bits per heavy atom. The van der Waals surface area contributed by atoms with E-state index in [9.17, 15) is 0 Å². The first-order chi connectivity index (χ1) is 11.2. The second-order valence-electron chi connectivity index (χ2n) is 5.32. The van der Waals surface area contributed by atoms with Gasteiger partial charge in [-0.05, 0) is 23.8 Å². The van der Waals surface area contributed by atoms with E-state index >= 15 is 0 Å². The third kappa shape index (κ3) is 5.84. The molecule has 0 saturated heterocycles. The number of halogens is 1. The molecule has 2 rings (SSSR count). The van der Waals surface area contributed by atoms with Crippen molar-refractivity contribution < 1.29 is 9.84 Å². The average Bonchev–Trinajstić information content (AvgIpc) is 2.55. The van der Waals surface area contributed by atoms with Gasteiger partial charge in [0.15, 0.2) is 0 Å². The van der Waals surface area contributed by atoms with Gasteiger partial charge in [0.1, 0.15) is 12.4 Å². The van der Waals surface area contributed by atoms with Gasteiger partial charge in [-0.3, -0.25) is 4.90 Å². The lowest BCUT2D eigenvalue weighted by Crippen LogP contribution is -2.31. The van der Waals surface area contributed by atoms with E-state index < -0.39 is 0 Å². The number of hydrogen-bond donors (Lipinski definition) is 2. The van der Waals surface area contributed by atoms with Crippen LogP contribution in [0.25, 0.3) is 0 Å². The smallest absolute Gasteiger partial charge is 0.120 e. The number of hydrogen-bond acceptors (Lipinski definition) is 4. The van der Waals surface area contributed by atoms with E-state index in [1.54, 1.807) is 0 Å². The quantitative estimate of drug-likeness (QED) is 0.740. The van der Waals surface area contributed by atoms with Gasteiger partial charge in [-0.15, -0.1) is 0 Å². The Morgan fingerprint density at radius 1 is 1.09 bits per heavy atom. The van der Waals surface area contributed by atoms with Crippen LogP contribution in [0.5, 0.6) is 5.75 Å². The first-order valence-electron chi connectivity index (χ1n) is 7.71. The predicted octanol–water partition coefficient (Wildman–Crippen LogP) is 2.67. The van der Waals surface area contributed by atoms with Crippen LogP contribution in [0, 0.1) is 0 Å². The van der Waals surface area contributed by atoms with Crippen molar-refractivity contribution >= 4 is 11.6 Å². The largest absolute Gasteiger partial charge is 0.489 e. The SMILES string of the molecule is NCCN(CCO)Cc1cccc(OCc2ccccc2Cl)c1. The highest BCUT2D eigenvalue weighted by molar-refractivity contribution is 6.31. The maximum Gasteiger partial charge on any atom is 0.120 e. The van der Waals surface area contributed by atoms with E-state index in [-0.39, 0.29) is 6.61 Å². The van der Waals surface area contributed by atoms with Gasteiger partial charge in [-0.1, -0.05) is 41.9 Å². The zero-order chi connectivity index (χ0) is 16.5. The van der Waals surface area contributed by atoms with Crippen LogP contribution in [-0.2, 0) is 13.2 Å². The second-order valence-corrected chi connectivity index (χ2v) is 5.72. The Balaban J connectivity index is 1.97. The Labute approximate surface area is 142 Å². The van der Waals surface area contributed by atoms with Crippen LogP contribution in [0.4, 0.5) is 0 Å². The topological polar surface area (TPSA) is 58.7 Å². The highest BCUT2D eigenvalue weighted by Crippen LogP contribution is 2.20. The van der Waals surface area contributed by atoms with Crippen molar-refractivity contribution in [1.82, 2.24) is 4.90 Å². The van der Waals surface area contributed by atoms with E-state index in [0.717, 1.165) is 30.0 Å². The molecule has 0 aliphatic carbocycles. The molecule has 0 aromatic heterocycles. The number of ether oxygens (including phenoxy) is 1. The number of nitrogens with zero attached hydrogens (tertiary/aromatic N) is 1. The summed E-state index contributed by atoms with van der Waals surface area (Å²) in [6, 6.07) is 15.6. The molecule has 3 N–H and O–H groups in total. The van der Waals surface area contributed by atoms with E-state index in [1.807, 2.05) is 48.5 Å². The van der Waals surface area contributed by atoms with Crippen molar-refractivity contribution in [2.45, 2.75) is 13.2 Å². The summed E-state index contributed by atoms with van der Waals surface area (Å²) in [6.07, 6.45) is 0. The number of nitrogens with two attached hydrogens (primary N) is 1. The fraction of sp³-hybridized carbons (Fsp3) is 0.333. The van der Waals surface area contributed by atoms with Crippen molar-refractivity contribution in [1.29, 1.82) is 0 Å². The molecular weight excluding hydrogens is 312 g/mol. The van der Waals surface area contributed by atoms with Crippen molar-refractivity contribution in [2.75, 3.05) is 26.2 Å². The molecule has 0 heterocycles. The maximum absolute atomic E-state index is 9.11. The third-order valence-electron chi connectivity index (χ3n) is 3.52. The summed E-state index contributed by atoms with van der Waals surface area (Å²) in [7, 11) is 0. The summed E-state index contributed by atoms with van der Waals surface area (Å²) in [6.45, 7) is 3.24. The Kier molecular flexibility index (Phi) is 7.36. The van der Waals surface area contributed by atoms with Crippen LogP contribution in [0.1, 0.15) is 11.1 Å². The van der Waals surface area contributed by atoms with E-state index in [2.05, 4.69) is 4.90 Å². The van der Waals surface area contributed by atoms with Crippen LogP contribution >= 0.6 is 11.6 Å². The molecule has 0 fully saturated rings. The van der Waals surface area contributed by atoms with Gasteiger partial charge in [0.05, 0.1) is 6.61 Å². The lowest BCUT2D eigenvalue weighted by Gasteiger charge is -2.20. The second kappa shape index (κ2) is 9.53. The molecule has 4 nitrogen and oxygen atoms in total. The summed E-state index contributed by atoms with van der Waals surface area (Å²) >= 11 is 6.14. The average molecular weight is 335 g/mol. The van der Waals surface area contributed by atoms with E-state index in [1.165, 1.54) is 0 Å². The lowest BCUT2D eigenvalue weighted by molar-refractivity contribution is 0.193. The molecule has 23 heavy (non-hydrogen) atoms. The number of rotatable bonds is 9. The number of aliphatic hydroxyl groups is 1. The lowest BCUT2D eigenvalue weighted by atomic mass is 10.2. The maximum atomic E-state index is 9.11. The fourth-order valence-electron chi connectivity index (χ4n) is 2.36. The molecule has 0 spiro atoms. The summed E-state index contributed by atoms with van der Waals surface area (Å²) in [5.41, 5.74) is 7.70. The van der Waals surface area contributed by atoms with Crippen LogP contribution < -0.4 is 10.5 Å². The summed E-state index contributed by atoms with van der Waals surface area (Å²) < 4.78 is 5.84. The molecule has 0 radical (unpaired) electrons. The molecule has 0 amide bonds. The minimum Gasteiger partial charge on any atom is -0.489 e. The van der Waals surface area contributed by atoms with E-state index in [0.29, 0.717) is 24.7 Å². The van der Waals surface area contributed by atoms with Crippen LogP contribution in [0.15, 0.2) is 48.5 Å². The third-order valence-corrected chi connectivity index (χ3v) is 3.89. The molecule has 124 valence electrons. The molecule has 0 bridgehead atoms. The van der Waals surface area contributed by atoms with Crippen LogP contribution in [-0.4, -0.2) is 36.2 Å². The zero-order valence-corrected chi connectivity index (χ0v) is 13.9. The van der Waals surface area contributed by atoms with Gasteiger partial charge >= 0.3 is 0 Å². The van der Waals surface area contributed by atoms with Gasteiger partial charge in [-0.25, -0.2) is 0 Å². The summed E-state index contributed by atoms with van der Waals surface area (Å²) in [5, 5.41) is 9.82. The zero-order valence-electron chi connectivity index (χ0n) is 13.1. The van der Waals surface area contributed by atoms with Gasteiger partial charge in [0.2, 0.25) is 0 Å². The predicted molar refractivity (Wildman–Crippen MR) is 93.6 cm³/mol. The van der Waals surface area contributed by atoms with Crippen LogP contribution in [0.3, 0.4) is 0 Å². The molecular formula is C18H23ClN2O2. The standard InChI is InChI=1S/C18H23ClN2O2/c19-18-7-2-1-5-16(18)14-23-17-6-3-4-15(12-17)13-21(9-8-20)10-11-22/h1-7,12,22H,8-11,13-14,20H2. The van der Waals surface area contributed by atoms with Crippen molar-refractivity contribution in [3.63, 3.8) is 0 Å². The summed E-state index contributed by atoms with van der Waals surface area (Å²) in [4.78, 5) is 2.12. The highest BCUT2D eigenvalue weighted by Gasteiger charge is 2.06. The minimum atomic E-state index is 0.128. The van der Waals surface area contributed by atoms with Gasteiger partial charge < -0.3 is 15.6 Å². The van der Waals surface area contributed by atoms with E-state index in [4.69, 9.17) is 27.2 Å². The molecule has 0 saturated carbocycles. The number of benzene rings is 2. The molecule has 2 aromatic carbocycles. The fourth-order valence-corrected chi connectivity index (χ4v) is 2.55. The highest BCUT2D eigenvalue weighted by atomic mass is 35.5. The first-order valence-corrected chi connectivity index (χ1v) is 8.09. The van der Waals surface area contributed by atoms with Gasteiger partial charge in [0, 0.05) is 36.8 Å². The molecule has 2 aromatic rings. The summed E-state index contributed by atoms with van der Waals surface area (Å²) in [5.74, 6) is 0.805. The molecule has 0 aliphatic heterocycles. The Morgan fingerprint density at radius 2 is 1.91 bits per heavy atom. The molecule has 5 heteroatoms. The van der Waals surface area contributed by atoms with Crippen molar-refractivity contribution in [3.8, 4) is 5.75 Å². The number of aliphatic hydroxyl groups excluding tert-OH is 1. The van der Waals surface area contributed by atoms with Gasteiger partial charge in [-0.2, -0.15) is 0 Å². The molecule has 0 unspecified atom stereocenters. The Hall–Kier alpha value is -1.59. The van der Waals surface area contributed by atoms with Crippen molar-refractivity contribution in [3.05, 3.63) is 64.7 Å². The van der Waals surface area contributed by atoms with Crippen molar-refractivity contribution in [2.24, 2.45) is 5.73 Å². The normalized spacial score (nSPS) is 11.0. The van der Waals surface area contributed by atoms with Crippen LogP contribution in [0.2, 0.25) is 5.02 Å². The monoisotopic (exact) mass is 334 g/mol. The first kappa shape index (κ1) is 17.8. The molecule has 0 aliphatic rings. The minimum absolute atomic E-state index is 0.128. The molecule has 0 atom stereocenters. The Bertz CT molecular complexity index is 601. The van der Waals surface area contributed by atoms with Gasteiger partial charge in [0.25, 0.3) is 0 Å².